The number of nitro groups is 1. The van der Waals surface area contributed by atoms with Crippen LogP contribution in [0.5, 0.6) is 5.75 Å². The number of aromatic hydroxyl groups is 1. The lowest BCUT2D eigenvalue weighted by Gasteiger charge is -2.03. The summed E-state index contributed by atoms with van der Waals surface area (Å²) in [6.45, 7) is 0. The number of anilines is 1. The zero-order valence-corrected chi connectivity index (χ0v) is 14.0. The highest BCUT2D eigenvalue weighted by molar-refractivity contribution is 7.99. The molecule has 9 nitrogen and oxygen atoms in total. The minimum atomic E-state index is -0.513. The van der Waals surface area contributed by atoms with Crippen LogP contribution in [-0.2, 0) is 4.79 Å². The van der Waals surface area contributed by atoms with E-state index in [2.05, 4.69) is 15.5 Å². The highest BCUT2D eigenvalue weighted by Crippen LogP contribution is 2.25. The minimum Gasteiger partial charge on any atom is -0.508 e. The van der Waals surface area contributed by atoms with E-state index >= 15 is 0 Å². The Morgan fingerprint density at radius 3 is 2.69 bits per heavy atom. The molecule has 0 saturated carbocycles. The van der Waals surface area contributed by atoms with Crippen molar-refractivity contribution >= 4 is 29.0 Å². The van der Waals surface area contributed by atoms with Gasteiger partial charge in [0.2, 0.25) is 11.8 Å². The monoisotopic (exact) mass is 372 g/mol. The fourth-order valence-corrected chi connectivity index (χ4v) is 2.58. The lowest BCUT2D eigenvalue weighted by Crippen LogP contribution is -2.13. The fourth-order valence-electron chi connectivity index (χ4n) is 2.01. The number of nitrogens with one attached hydrogen (secondary N) is 1. The third kappa shape index (κ3) is 4.36. The van der Waals surface area contributed by atoms with E-state index in [1.165, 1.54) is 36.4 Å². The van der Waals surface area contributed by atoms with Crippen molar-refractivity contribution in [3.63, 3.8) is 0 Å². The summed E-state index contributed by atoms with van der Waals surface area (Å²) in [7, 11) is 0. The molecule has 1 heterocycles. The van der Waals surface area contributed by atoms with E-state index in [9.17, 15) is 20.0 Å². The molecule has 0 aliphatic rings. The summed E-state index contributed by atoms with van der Waals surface area (Å²) in [5.74, 6) is 0.0241. The molecule has 0 spiro atoms. The Labute approximate surface area is 151 Å². The second-order valence-corrected chi connectivity index (χ2v) is 5.99. The minimum absolute atomic E-state index is 0.0264. The van der Waals surface area contributed by atoms with Crippen molar-refractivity contribution in [2.75, 3.05) is 11.1 Å². The smallest absolute Gasteiger partial charge is 0.277 e. The number of amides is 1. The topological polar surface area (TPSA) is 131 Å². The van der Waals surface area contributed by atoms with Gasteiger partial charge < -0.3 is 14.8 Å². The fraction of sp³-hybridized carbons (Fsp3) is 0.0625. The van der Waals surface area contributed by atoms with Gasteiger partial charge in [0, 0.05) is 23.4 Å². The van der Waals surface area contributed by atoms with Crippen molar-refractivity contribution in [2.24, 2.45) is 0 Å². The first-order chi connectivity index (χ1) is 12.5. The van der Waals surface area contributed by atoms with Gasteiger partial charge in [-0.05, 0) is 30.3 Å². The number of benzene rings is 2. The van der Waals surface area contributed by atoms with E-state index < -0.39 is 4.92 Å². The number of thioether (sulfide) groups is 1. The molecule has 3 rings (SSSR count). The van der Waals surface area contributed by atoms with Crippen LogP contribution in [0.15, 0.2) is 58.2 Å². The molecule has 26 heavy (non-hydrogen) atoms. The molecule has 3 aromatic rings. The number of hydrogen-bond acceptors (Lipinski definition) is 8. The van der Waals surface area contributed by atoms with E-state index in [1.807, 2.05) is 0 Å². The SMILES string of the molecule is O=C(CSc1nnc(-c2cccc(O)c2)o1)Nc1ccc([N+](=O)[O-])cc1. The zero-order valence-electron chi connectivity index (χ0n) is 13.2. The van der Waals surface area contributed by atoms with Crippen molar-refractivity contribution in [2.45, 2.75) is 5.22 Å². The van der Waals surface area contributed by atoms with Crippen LogP contribution in [0, 0.1) is 10.1 Å². The van der Waals surface area contributed by atoms with Gasteiger partial charge in [-0.25, -0.2) is 0 Å². The Morgan fingerprint density at radius 1 is 1.23 bits per heavy atom. The molecule has 10 heteroatoms. The van der Waals surface area contributed by atoms with Crippen molar-refractivity contribution in [3.8, 4) is 17.2 Å². The predicted molar refractivity (Wildman–Crippen MR) is 93.8 cm³/mol. The molecule has 1 amide bonds. The molecule has 0 radical (unpaired) electrons. The first-order valence-electron chi connectivity index (χ1n) is 7.31. The Kier molecular flexibility index (Phi) is 5.13. The third-order valence-corrected chi connectivity index (χ3v) is 4.01. The van der Waals surface area contributed by atoms with Crippen LogP contribution in [-0.4, -0.2) is 31.9 Å². The third-order valence-electron chi connectivity index (χ3n) is 3.19. The summed E-state index contributed by atoms with van der Waals surface area (Å²) in [5, 5.41) is 30.6. The van der Waals surface area contributed by atoms with Gasteiger partial charge in [-0.2, -0.15) is 0 Å². The van der Waals surface area contributed by atoms with Crippen LogP contribution in [0.4, 0.5) is 11.4 Å². The maximum Gasteiger partial charge on any atom is 0.277 e. The molecule has 0 saturated heterocycles. The van der Waals surface area contributed by atoms with Crippen LogP contribution in [0.3, 0.4) is 0 Å². The quantitative estimate of drug-likeness (QED) is 0.383. The summed E-state index contributed by atoms with van der Waals surface area (Å²) >= 11 is 1.05. The van der Waals surface area contributed by atoms with Gasteiger partial charge >= 0.3 is 0 Å². The summed E-state index contributed by atoms with van der Waals surface area (Å²) in [5.41, 5.74) is 0.967. The standard InChI is InChI=1S/C16H12N4O5S/c21-13-3-1-2-10(8-13)15-18-19-16(25-15)26-9-14(22)17-11-4-6-12(7-5-11)20(23)24/h1-8,21H,9H2,(H,17,22). The molecule has 0 aliphatic carbocycles. The summed E-state index contributed by atoms with van der Waals surface area (Å²) in [6, 6.07) is 11.9. The van der Waals surface area contributed by atoms with Crippen molar-refractivity contribution < 1.29 is 19.2 Å². The Bertz CT molecular complexity index is 942. The molecule has 0 bridgehead atoms. The maximum absolute atomic E-state index is 11.9. The van der Waals surface area contributed by atoms with Crippen molar-refractivity contribution in [1.29, 1.82) is 0 Å². The number of rotatable bonds is 6. The van der Waals surface area contributed by atoms with Gasteiger partial charge in [-0.3, -0.25) is 14.9 Å². The van der Waals surface area contributed by atoms with Gasteiger partial charge in [-0.1, -0.05) is 17.8 Å². The van der Waals surface area contributed by atoms with Crippen LogP contribution in [0.25, 0.3) is 11.5 Å². The molecule has 132 valence electrons. The van der Waals surface area contributed by atoms with Gasteiger partial charge in [0.25, 0.3) is 10.9 Å². The highest BCUT2D eigenvalue weighted by atomic mass is 32.2. The molecule has 2 aromatic carbocycles. The normalized spacial score (nSPS) is 10.5. The number of nitrogens with zero attached hydrogens (tertiary/aromatic N) is 3. The molecule has 0 unspecified atom stereocenters. The number of nitro benzene ring substituents is 1. The molecular weight excluding hydrogens is 360 g/mol. The summed E-state index contributed by atoms with van der Waals surface area (Å²) in [6.07, 6.45) is 0. The molecule has 0 fully saturated rings. The maximum atomic E-state index is 11.9. The number of carbonyl (C=O) groups is 1. The second-order valence-electron chi connectivity index (χ2n) is 5.06. The number of phenolic OH excluding ortho intramolecular Hbond substituents is 1. The first-order valence-corrected chi connectivity index (χ1v) is 8.30. The van der Waals surface area contributed by atoms with E-state index in [0.717, 1.165) is 11.8 Å². The Balaban J connectivity index is 1.55. The lowest BCUT2D eigenvalue weighted by molar-refractivity contribution is -0.384. The molecular formula is C16H12N4O5S. The second kappa shape index (κ2) is 7.66. The number of aromatic nitrogens is 2. The number of hydrogen-bond donors (Lipinski definition) is 2. The number of carbonyl (C=O) groups excluding carboxylic acids is 1. The predicted octanol–water partition coefficient (Wildman–Crippen LogP) is 3.08. The Hall–Kier alpha value is -3.40. The van der Waals surface area contributed by atoms with Gasteiger partial charge in [0.15, 0.2) is 0 Å². The van der Waals surface area contributed by atoms with E-state index in [0.29, 0.717) is 11.3 Å². The summed E-state index contributed by atoms with van der Waals surface area (Å²) in [4.78, 5) is 22.0. The first kappa shape index (κ1) is 17.4. The van der Waals surface area contributed by atoms with Crippen LogP contribution >= 0.6 is 11.8 Å². The average Bonchev–Trinajstić information content (AvgIpc) is 3.09. The van der Waals surface area contributed by atoms with Crippen LogP contribution < -0.4 is 5.32 Å². The molecule has 0 aliphatic heterocycles. The average molecular weight is 372 g/mol. The van der Waals surface area contributed by atoms with Crippen molar-refractivity contribution in [1.82, 2.24) is 10.2 Å². The Morgan fingerprint density at radius 2 is 2.00 bits per heavy atom. The van der Waals surface area contributed by atoms with Crippen LogP contribution in [0.1, 0.15) is 0 Å². The van der Waals surface area contributed by atoms with Crippen molar-refractivity contribution in [3.05, 3.63) is 58.6 Å². The number of non-ortho nitro benzene ring substituents is 1. The van der Waals surface area contributed by atoms with E-state index in [4.69, 9.17) is 4.42 Å². The van der Waals surface area contributed by atoms with Gasteiger partial charge in [-0.15, -0.1) is 10.2 Å². The van der Waals surface area contributed by atoms with E-state index in [1.54, 1.807) is 12.1 Å². The summed E-state index contributed by atoms with van der Waals surface area (Å²) < 4.78 is 5.44. The largest absolute Gasteiger partial charge is 0.508 e. The molecule has 0 atom stereocenters. The molecule has 1 aromatic heterocycles. The van der Waals surface area contributed by atoms with Gasteiger partial charge in [0.1, 0.15) is 5.75 Å². The highest BCUT2D eigenvalue weighted by Gasteiger charge is 2.12. The molecule has 2 N–H and O–H groups in total. The number of phenols is 1. The van der Waals surface area contributed by atoms with Gasteiger partial charge in [0.05, 0.1) is 10.7 Å². The zero-order chi connectivity index (χ0) is 18.5. The lowest BCUT2D eigenvalue weighted by atomic mass is 10.2. The van der Waals surface area contributed by atoms with Crippen LogP contribution in [0.2, 0.25) is 0 Å². The van der Waals surface area contributed by atoms with E-state index in [-0.39, 0.29) is 34.2 Å².